The Balaban J connectivity index is -0.0000000144. The molecule has 0 spiro atoms. The molecule has 62 valence electrons. The molecular formula is H2CaO8V2. The van der Waals surface area contributed by atoms with Crippen molar-refractivity contribution in [1.29, 1.82) is 0 Å². The van der Waals surface area contributed by atoms with Gasteiger partial charge in [0.15, 0.2) is 0 Å². The van der Waals surface area contributed by atoms with Crippen LogP contribution in [0.3, 0.4) is 0 Å². The van der Waals surface area contributed by atoms with Crippen molar-refractivity contribution in [2.75, 3.05) is 0 Å². The van der Waals surface area contributed by atoms with E-state index in [1.165, 1.54) is 0 Å². The summed E-state index contributed by atoms with van der Waals surface area (Å²) in [6.45, 7) is 0. The predicted molar refractivity (Wildman–Crippen MR) is 13.8 cm³/mol. The fourth-order valence-corrected chi connectivity index (χ4v) is 0. The molecule has 0 radical (unpaired) electrons. The molecule has 0 aliphatic rings. The Bertz CT molecular complexity index is 66.1. The zero-order valence-corrected chi connectivity index (χ0v) is 9.95. The number of hydrogen-bond donors (Lipinski definition) is 2. The van der Waals surface area contributed by atoms with Crippen molar-refractivity contribution in [3.05, 3.63) is 0 Å². The quantitative estimate of drug-likeness (QED) is 0.265. The zero-order valence-electron chi connectivity index (χ0n) is 4.95. The summed E-state index contributed by atoms with van der Waals surface area (Å²) < 4.78 is 33.9. The fourth-order valence-electron chi connectivity index (χ4n) is 0. The van der Waals surface area contributed by atoms with E-state index in [9.17, 15) is 0 Å². The number of hydrogen-bond acceptors (Lipinski definition) is 8. The Morgan fingerprint density at radius 3 is 0.727 bits per heavy atom. The molecular weight excluding hydrogens is 270 g/mol. The Morgan fingerprint density at radius 1 is 0.727 bits per heavy atom. The van der Waals surface area contributed by atoms with Gasteiger partial charge in [0, 0.05) is 0 Å². The molecule has 11 heavy (non-hydrogen) atoms. The van der Waals surface area contributed by atoms with E-state index in [-0.39, 0.29) is 37.7 Å². The maximum atomic E-state index is 8.47. The van der Waals surface area contributed by atoms with Crippen molar-refractivity contribution in [3.8, 4) is 0 Å². The first-order valence-corrected chi connectivity index (χ1v) is 3.38. The van der Waals surface area contributed by atoms with Gasteiger partial charge in [-0.25, -0.2) is 0 Å². The van der Waals surface area contributed by atoms with Crippen molar-refractivity contribution in [1.82, 2.24) is 0 Å². The fraction of sp³-hybridized carbons (Fsp3) is 0. The van der Waals surface area contributed by atoms with Gasteiger partial charge in [-0.15, -0.1) is 0 Å². The molecule has 0 aromatic heterocycles. The Morgan fingerprint density at radius 2 is 0.727 bits per heavy atom. The van der Waals surface area contributed by atoms with Gasteiger partial charge in [-0.3, -0.25) is 0 Å². The zero-order chi connectivity index (χ0) is 9.41. The summed E-state index contributed by atoms with van der Waals surface area (Å²) in [6, 6.07) is 0. The minimum atomic E-state index is -1.81. The van der Waals surface area contributed by atoms with Crippen LogP contribution in [-0.4, -0.2) is 48.3 Å². The van der Waals surface area contributed by atoms with Crippen LogP contribution in [0, 0.1) is 0 Å². The molecule has 0 aliphatic carbocycles. The molecule has 0 amide bonds. The monoisotopic (exact) mass is 272 g/mol. The molecule has 0 unspecified atom stereocenters. The minimum absolute atomic E-state index is 0. The molecule has 0 fully saturated rings. The molecule has 2 N–H and O–H groups in total. The number of rotatable bonds is 0. The average Bonchev–Trinajstić information content (AvgIpc) is 1.99. The second-order valence-corrected chi connectivity index (χ2v) is 0.615. The van der Waals surface area contributed by atoms with Crippen molar-refractivity contribution >= 4 is 37.7 Å². The summed E-state index contributed by atoms with van der Waals surface area (Å²) in [7, 11) is 0. The van der Waals surface area contributed by atoms with E-state index in [1.54, 1.807) is 0 Å². The summed E-state index contributed by atoms with van der Waals surface area (Å²) >= 11 is -3.62. The van der Waals surface area contributed by atoms with Crippen LogP contribution in [0.15, 0.2) is 0 Å². The second kappa shape index (κ2) is 104. The molecule has 0 rings (SSSR count). The van der Waals surface area contributed by atoms with Crippen LogP contribution in [0.5, 0.6) is 0 Å². The Kier molecular flexibility index (Phi) is 279. The Labute approximate surface area is 105 Å². The third kappa shape index (κ3) is 477. The van der Waals surface area contributed by atoms with Crippen molar-refractivity contribution in [3.63, 3.8) is 0 Å². The van der Waals surface area contributed by atoms with Gasteiger partial charge in [0.1, 0.15) is 0 Å². The van der Waals surface area contributed by atoms with Gasteiger partial charge >= 0.3 is 84.8 Å². The predicted octanol–water partition coefficient (Wildman–Crippen LogP) is -3.22. The third-order valence-corrected chi connectivity index (χ3v) is 0. The van der Waals surface area contributed by atoms with Crippen LogP contribution in [0.1, 0.15) is 0 Å². The molecule has 0 aromatic rings. The first-order valence-electron chi connectivity index (χ1n) is 1.10. The normalized spacial score (nSPS) is 2.55. The van der Waals surface area contributed by atoms with Gasteiger partial charge < -0.3 is 21.0 Å². The molecule has 0 saturated carbocycles. The van der Waals surface area contributed by atoms with Gasteiger partial charge in [-0.1, -0.05) is 0 Å². The molecule has 8 nitrogen and oxygen atoms in total. The molecule has 0 saturated heterocycles. The van der Waals surface area contributed by atoms with Crippen molar-refractivity contribution < 1.29 is 68.1 Å². The van der Waals surface area contributed by atoms with E-state index < -0.39 is 32.4 Å². The van der Waals surface area contributed by atoms with Crippen LogP contribution in [0.25, 0.3) is 0 Å². The molecule has 0 bridgehead atoms. The van der Waals surface area contributed by atoms with Gasteiger partial charge in [0.25, 0.3) is 0 Å². The van der Waals surface area contributed by atoms with Crippen LogP contribution < -0.4 is 10.5 Å². The SMILES string of the molecule is [Ca+2].[O-]O.[O-]O.[O]=[V]=[O].[O]=[V]=[O]. The van der Waals surface area contributed by atoms with E-state index in [0.29, 0.717) is 0 Å². The third-order valence-electron chi connectivity index (χ3n) is 0. The molecule has 0 heterocycles. The van der Waals surface area contributed by atoms with E-state index in [1.807, 2.05) is 0 Å². The summed E-state index contributed by atoms with van der Waals surface area (Å²) in [5, 5.41) is 26.0. The maximum absolute atomic E-state index is 8.47. The van der Waals surface area contributed by atoms with Crippen molar-refractivity contribution in [2.45, 2.75) is 0 Å². The van der Waals surface area contributed by atoms with Crippen LogP contribution in [0.2, 0.25) is 0 Å². The molecule has 0 aliphatic heterocycles. The molecule has 0 atom stereocenters. The summed E-state index contributed by atoms with van der Waals surface area (Å²) in [4.78, 5) is 0. The summed E-state index contributed by atoms with van der Waals surface area (Å²) in [6.07, 6.45) is 0. The van der Waals surface area contributed by atoms with E-state index in [2.05, 4.69) is 0 Å². The van der Waals surface area contributed by atoms with Gasteiger partial charge in [-0.2, -0.15) is 0 Å². The van der Waals surface area contributed by atoms with Gasteiger partial charge in [0.05, 0.1) is 0 Å². The van der Waals surface area contributed by atoms with Crippen LogP contribution >= 0.6 is 0 Å². The summed E-state index contributed by atoms with van der Waals surface area (Å²) in [5.74, 6) is 0. The molecule has 0 aromatic carbocycles. The Hall–Kier alpha value is 1.47. The van der Waals surface area contributed by atoms with E-state index >= 15 is 0 Å². The standard InChI is InChI=1S/Ca.2H2O2.4O.2V/c;2*1-2;;;;;;/h;2*1-2H;;;;;;/q+2;;;;;;;;/p-2. The van der Waals surface area contributed by atoms with E-state index in [0.717, 1.165) is 0 Å². The van der Waals surface area contributed by atoms with E-state index in [4.69, 9.17) is 35.7 Å². The summed E-state index contributed by atoms with van der Waals surface area (Å²) in [5.41, 5.74) is 0. The van der Waals surface area contributed by atoms with Gasteiger partial charge in [0.2, 0.25) is 0 Å². The van der Waals surface area contributed by atoms with Gasteiger partial charge in [-0.05, 0) is 0 Å². The second-order valence-electron chi connectivity index (χ2n) is 0.149. The first kappa shape index (κ1) is 29.4. The molecule has 11 heteroatoms. The first-order chi connectivity index (χ1) is 4.83. The van der Waals surface area contributed by atoms with Crippen LogP contribution in [-0.2, 0) is 47.1 Å². The van der Waals surface area contributed by atoms with Crippen molar-refractivity contribution in [2.24, 2.45) is 0 Å². The average molecular weight is 272 g/mol. The van der Waals surface area contributed by atoms with Crippen LogP contribution in [0.4, 0.5) is 0 Å². The topological polar surface area (TPSA) is 155 Å².